The topological polar surface area (TPSA) is 0 Å². The molecule has 5 rings (SSSR count). The van der Waals surface area contributed by atoms with Crippen molar-refractivity contribution in [2.24, 2.45) is 0 Å². The van der Waals surface area contributed by atoms with Gasteiger partial charge in [-0.1, -0.05) is 0 Å². The second-order valence-corrected chi connectivity index (χ2v) is 19.1. The van der Waals surface area contributed by atoms with Crippen LogP contribution in [0.4, 0.5) is 0 Å². The van der Waals surface area contributed by atoms with Crippen molar-refractivity contribution in [3.63, 3.8) is 0 Å². The average molecular weight is 437 g/mol. The summed E-state index contributed by atoms with van der Waals surface area (Å²) in [6.45, 7) is 2.53. The summed E-state index contributed by atoms with van der Waals surface area (Å²) in [5.74, 6) is 0. The zero-order valence-corrected chi connectivity index (χ0v) is 17.8. The molecular weight excluding hydrogens is 414 g/mol. The fourth-order valence-corrected chi connectivity index (χ4v) is 22.3. The van der Waals surface area contributed by atoms with Gasteiger partial charge in [-0.05, 0) is 0 Å². The second kappa shape index (κ2) is 6.60. The minimum absolute atomic E-state index is 0. The SMILES string of the molecule is C[CH]1[CH2][Zr]1([CH]1C=Cc2ccccc21)[CH]1C=Cc2ccccc21.Cl.Cl. The number of rotatable bonds is 2. The summed E-state index contributed by atoms with van der Waals surface area (Å²) in [6.07, 6.45) is 9.88. The number of hydrogen-bond acceptors (Lipinski definition) is 0. The molecule has 3 unspecified atom stereocenters. The summed E-state index contributed by atoms with van der Waals surface area (Å²) in [7, 11) is 0. The summed E-state index contributed by atoms with van der Waals surface area (Å²) in [5.41, 5.74) is 6.19. The first-order chi connectivity index (χ1) is 10.8. The zero-order valence-electron chi connectivity index (χ0n) is 13.7. The van der Waals surface area contributed by atoms with Crippen LogP contribution in [0.15, 0.2) is 60.7 Å². The van der Waals surface area contributed by atoms with E-state index in [1.807, 2.05) is 0 Å². The van der Waals surface area contributed by atoms with Crippen LogP contribution in [0.5, 0.6) is 0 Å². The van der Waals surface area contributed by atoms with E-state index in [4.69, 9.17) is 0 Å². The molecular formula is C21H22Cl2Zr. The van der Waals surface area contributed by atoms with Crippen molar-refractivity contribution >= 4 is 37.0 Å². The largest absolute Gasteiger partial charge is 0.147 e. The van der Waals surface area contributed by atoms with E-state index < -0.39 is 20.3 Å². The zero-order chi connectivity index (χ0) is 14.7. The first-order valence-corrected chi connectivity index (χ1v) is 14.3. The van der Waals surface area contributed by atoms with Gasteiger partial charge in [-0.15, -0.1) is 24.8 Å². The van der Waals surface area contributed by atoms with Gasteiger partial charge in [-0.2, -0.15) is 0 Å². The van der Waals surface area contributed by atoms with Gasteiger partial charge in [0.1, 0.15) is 0 Å². The van der Waals surface area contributed by atoms with E-state index in [9.17, 15) is 0 Å². The molecule has 0 amide bonds. The van der Waals surface area contributed by atoms with Crippen LogP contribution in [0.1, 0.15) is 36.4 Å². The molecule has 2 aromatic rings. The Labute approximate surface area is 161 Å². The quantitative estimate of drug-likeness (QED) is 0.488. The Hall–Kier alpha value is -0.617. The first-order valence-electron chi connectivity index (χ1n) is 8.35. The summed E-state index contributed by atoms with van der Waals surface area (Å²) >= 11 is -2.26. The van der Waals surface area contributed by atoms with Crippen LogP contribution >= 0.6 is 24.8 Å². The molecule has 1 fully saturated rings. The molecule has 124 valence electrons. The van der Waals surface area contributed by atoms with Gasteiger partial charge in [0.15, 0.2) is 0 Å². The Bertz CT molecular complexity index is 763. The van der Waals surface area contributed by atoms with Crippen molar-refractivity contribution in [3.8, 4) is 0 Å². The number of hydrogen-bond donors (Lipinski definition) is 0. The summed E-state index contributed by atoms with van der Waals surface area (Å²) < 4.78 is 4.10. The van der Waals surface area contributed by atoms with E-state index in [0.29, 0.717) is 0 Å². The van der Waals surface area contributed by atoms with Crippen LogP contribution in [-0.2, 0) is 20.3 Å². The van der Waals surface area contributed by atoms with Gasteiger partial charge in [0.2, 0.25) is 0 Å². The van der Waals surface area contributed by atoms with Crippen molar-refractivity contribution in [1.82, 2.24) is 0 Å². The normalized spacial score (nSPS) is 31.0. The molecule has 3 aliphatic rings. The molecule has 0 bridgehead atoms. The standard InChI is InChI=1S/2C9H7.C3H6.2ClH.Zr/c2*1-2-5-9-7-3-6-8(9)4-1;1-3-2;;;/h2*1-7H;3H,1H2,2H3;2*1H;. The molecule has 1 heterocycles. The maximum atomic E-state index is 2.55. The molecule has 0 spiro atoms. The Morgan fingerprint density at radius 3 is 1.58 bits per heavy atom. The Balaban J connectivity index is 0.000000845. The van der Waals surface area contributed by atoms with E-state index in [1.165, 1.54) is 11.1 Å². The van der Waals surface area contributed by atoms with Crippen molar-refractivity contribution in [2.75, 3.05) is 0 Å². The van der Waals surface area contributed by atoms with Crippen molar-refractivity contribution in [3.05, 3.63) is 82.9 Å². The van der Waals surface area contributed by atoms with Crippen LogP contribution in [0.3, 0.4) is 0 Å². The maximum absolute atomic E-state index is 2.55. The second-order valence-electron chi connectivity index (χ2n) is 7.15. The van der Waals surface area contributed by atoms with Crippen LogP contribution in [-0.4, -0.2) is 0 Å². The number of benzene rings is 2. The number of fused-ring (bicyclic) bond motifs is 2. The molecule has 0 nitrogen and oxygen atoms in total. The van der Waals surface area contributed by atoms with Crippen LogP contribution in [0.25, 0.3) is 12.2 Å². The van der Waals surface area contributed by atoms with Gasteiger partial charge >= 0.3 is 137 Å². The molecule has 3 heteroatoms. The monoisotopic (exact) mass is 434 g/mol. The first kappa shape index (κ1) is 18.2. The third-order valence-electron chi connectivity index (χ3n) is 6.17. The van der Waals surface area contributed by atoms with Gasteiger partial charge in [0.05, 0.1) is 0 Å². The van der Waals surface area contributed by atoms with Crippen molar-refractivity contribution < 1.29 is 20.3 Å². The number of halogens is 2. The minimum atomic E-state index is -2.26. The Morgan fingerprint density at radius 1 is 0.750 bits per heavy atom. The smallest absolute Gasteiger partial charge is 0.147 e. The third kappa shape index (κ3) is 2.44. The predicted molar refractivity (Wildman–Crippen MR) is 105 cm³/mol. The number of allylic oxidation sites excluding steroid dienone is 2. The Morgan fingerprint density at radius 2 is 1.17 bits per heavy atom. The van der Waals surface area contributed by atoms with Gasteiger partial charge in [0.25, 0.3) is 0 Å². The third-order valence-corrected chi connectivity index (χ3v) is 21.3. The van der Waals surface area contributed by atoms with Crippen LogP contribution in [0.2, 0.25) is 7.75 Å². The van der Waals surface area contributed by atoms with Gasteiger partial charge in [0, 0.05) is 0 Å². The van der Waals surface area contributed by atoms with Crippen molar-refractivity contribution in [1.29, 1.82) is 0 Å². The minimum Gasteiger partial charge on any atom is -0.147 e. The molecule has 1 aliphatic heterocycles. The van der Waals surface area contributed by atoms with E-state index in [1.54, 1.807) is 15.3 Å². The van der Waals surface area contributed by atoms with Crippen molar-refractivity contribution in [2.45, 2.75) is 21.9 Å². The molecule has 2 aliphatic carbocycles. The van der Waals surface area contributed by atoms with Gasteiger partial charge in [-0.3, -0.25) is 0 Å². The van der Waals surface area contributed by atoms with Crippen LogP contribution < -0.4 is 0 Å². The molecule has 1 saturated heterocycles. The fourth-order valence-electron chi connectivity index (χ4n) is 4.97. The van der Waals surface area contributed by atoms with E-state index >= 15 is 0 Å². The van der Waals surface area contributed by atoms with E-state index in [0.717, 1.165) is 10.9 Å². The van der Waals surface area contributed by atoms with Gasteiger partial charge < -0.3 is 0 Å². The van der Waals surface area contributed by atoms with E-state index in [2.05, 4.69) is 79.8 Å². The van der Waals surface area contributed by atoms with E-state index in [-0.39, 0.29) is 24.8 Å². The molecule has 0 saturated carbocycles. The van der Waals surface area contributed by atoms with Gasteiger partial charge in [-0.25, -0.2) is 0 Å². The summed E-state index contributed by atoms with van der Waals surface area (Å²) in [6, 6.07) is 18.1. The average Bonchev–Trinajstić information content (AvgIpc) is 2.96. The molecule has 0 N–H and O–H groups in total. The molecule has 0 radical (unpaired) electrons. The molecule has 2 aromatic carbocycles. The summed E-state index contributed by atoms with van der Waals surface area (Å²) in [4.78, 5) is 0. The Kier molecular flexibility index (Phi) is 5.00. The molecule has 3 atom stereocenters. The maximum Gasteiger partial charge on any atom is -0.147 e. The molecule has 0 aromatic heterocycles. The predicted octanol–water partition coefficient (Wildman–Crippen LogP) is 6.76. The van der Waals surface area contributed by atoms with Crippen LogP contribution in [0, 0.1) is 0 Å². The summed E-state index contributed by atoms with van der Waals surface area (Å²) in [5, 5.41) is 0. The fraction of sp³-hybridized carbons (Fsp3) is 0.238. The molecule has 24 heavy (non-hydrogen) atoms.